The molecule has 2 unspecified atom stereocenters. The standard InChI is InChI=1S/C17H21N/c1-2-14(15-9-5-3-6-10-15)13-17(18)16-11-7-4-8-12-16/h3-12,14,17H,2,13,18H2,1H3. The van der Waals surface area contributed by atoms with E-state index in [1.807, 2.05) is 6.07 Å². The van der Waals surface area contributed by atoms with Crippen LogP contribution in [0.3, 0.4) is 0 Å². The second-order valence-corrected chi connectivity index (χ2v) is 4.77. The molecule has 2 atom stereocenters. The fourth-order valence-electron chi connectivity index (χ4n) is 2.41. The Bertz CT molecular complexity index is 450. The lowest BCUT2D eigenvalue weighted by molar-refractivity contribution is 0.530. The molecular weight excluding hydrogens is 218 g/mol. The van der Waals surface area contributed by atoms with Crippen molar-refractivity contribution in [3.8, 4) is 0 Å². The number of rotatable bonds is 5. The van der Waals surface area contributed by atoms with E-state index in [0.717, 1.165) is 12.8 Å². The van der Waals surface area contributed by atoms with Crippen LogP contribution in [0.2, 0.25) is 0 Å². The summed E-state index contributed by atoms with van der Waals surface area (Å²) in [6.07, 6.45) is 2.13. The highest BCUT2D eigenvalue weighted by molar-refractivity contribution is 5.22. The van der Waals surface area contributed by atoms with Crippen molar-refractivity contribution in [2.45, 2.75) is 31.7 Å². The van der Waals surface area contributed by atoms with E-state index in [1.54, 1.807) is 0 Å². The Morgan fingerprint density at radius 2 is 1.33 bits per heavy atom. The van der Waals surface area contributed by atoms with E-state index in [1.165, 1.54) is 11.1 Å². The quantitative estimate of drug-likeness (QED) is 0.828. The van der Waals surface area contributed by atoms with Crippen molar-refractivity contribution in [1.82, 2.24) is 0 Å². The number of hydrogen-bond acceptors (Lipinski definition) is 1. The average Bonchev–Trinajstić information content (AvgIpc) is 2.46. The van der Waals surface area contributed by atoms with Gasteiger partial charge in [0.15, 0.2) is 0 Å². The van der Waals surface area contributed by atoms with E-state index in [0.29, 0.717) is 5.92 Å². The molecule has 0 heterocycles. The molecule has 18 heavy (non-hydrogen) atoms. The van der Waals surface area contributed by atoms with Gasteiger partial charge in [-0.3, -0.25) is 0 Å². The Balaban J connectivity index is 2.07. The van der Waals surface area contributed by atoms with Crippen molar-refractivity contribution < 1.29 is 0 Å². The van der Waals surface area contributed by atoms with Crippen LogP contribution in [0.15, 0.2) is 60.7 Å². The van der Waals surface area contributed by atoms with Gasteiger partial charge in [-0.05, 0) is 29.9 Å². The van der Waals surface area contributed by atoms with E-state index >= 15 is 0 Å². The summed E-state index contributed by atoms with van der Waals surface area (Å²) in [6.45, 7) is 2.23. The van der Waals surface area contributed by atoms with Crippen molar-refractivity contribution in [3.05, 3.63) is 71.8 Å². The first-order chi connectivity index (χ1) is 8.81. The van der Waals surface area contributed by atoms with E-state index in [-0.39, 0.29) is 6.04 Å². The molecule has 0 amide bonds. The summed E-state index contributed by atoms with van der Waals surface area (Å²) in [5.41, 5.74) is 8.93. The predicted octanol–water partition coefficient (Wildman–Crippen LogP) is 4.27. The van der Waals surface area contributed by atoms with Gasteiger partial charge in [-0.2, -0.15) is 0 Å². The molecule has 0 saturated heterocycles. The topological polar surface area (TPSA) is 26.0 Å². The van der Waals surface area contributed by atoms with Crippen molar-refractivity contribution in [3.63, 3.8) is 0 Å². The SMILES string of the molecule is CCC(CC(N)c1ccccc1)c1ccccc1. The average molecular weight is 239 g/mol. The van der Waals surface area contributed by atoms with E-state index in [2.05, 4.69) is 61.5 Å². The van der Waals surface area contributed by atoms with Crippen LogP contribution >= 0.6 is 0 Å². The molecule has 94 valence electrons. The maximum absolute atomic E-state index is 6.31. The lowest BCUT2D eigenvalue weighted by Crippen LogP contribution is -2.14. The molecule has 0 radical (unpaired) electrons. The van der Waals surface area contributed by atoms with Crippen LogP contribution in [0.5, 0.6) is 0 Å². The molecule has 0 saturated carbocycles. The fraction of sp³-hybridized carbons (Fsp3) is 0.294. The van der Waals surface area contributed by atoms with Gasteiger partial charge >= 0.3 is 0 Å². The molecule has 1 heteroatoms. The zero-order valence-corrected chi connectivity index (χ0v) is 10.9. The van der Waals surface area contributed by atoms with Gasteiger partial charge in [0.05, 0.1) is 0 Å². The number of nitrogens with two attached hydrogens (primary N) is 1. The van der Waals surface area contributed by atoms with E-state index in [9.17, 15) is 0 Å². The highest BCUT2D eigenvalue weighted by Gasteiger charge is 2.14. The second kappa shape index (κ2) is 6.36. The normalized spacial score (nSPS) is 14.1. The van der Waals surface area contributed by atoms with Gasteiger partial charge in [0.25, 0.3) is 0 Å². The minimum atomic E-state index is 0.122. The van der Waals surface area contributed by atoms with Crippen molar-refractivity contribution >= 4 is 0 Å². The molecular formula is C17H21N. The van der Waals surface area contributed by atoms with Crippen molar-refractivity contribution in [2.24, 2.45) is 5.73 Å². The highest BCUT2D eigenvalue weighted by Crippen LogP contribution is 2.29. The summed E-state index contributed by atoms with van der Waals surface area (Å²) in [4.78, 5) is 0. The van der Waals surface area contributed by atoms with Gasteiger partial charge in [0.2, 0.25) is 0 Å². The summed E-state index contributed by atoms with van der Waals surface area (Å²) in [5.74, 6) is 0.543. The Hall–Kier alpha value is -1.60. The van der Waals surface area contributed by atoms with Crippen LogP contribution < -0.4 is 5.73 Å². The van der Waals surface area contributed by atoms with Crippen molar-refractivity contribution in [1.29, 1.82) is 0 Å². The summed E-state index contributed by atoms with van der Waals surface area (Å²) in [6, 6.07) is 21.2. The molecule has 2 aromatic rings. The van der Waals surface area contributed by atoms with Crippen LogP contribution in [0.4, 0.5) is 0 Å². The first kappa shape index (κ1) is 12.8. The third-order valence-electron chi connectivity index (χ3n) is 3.53. The highest BCUT2D eigenvalue weighted by atomic mass is 14.6. The largest absolute Gasteiger partial charge is 0.324 e. The fourth-order valence-corrected chi connectivity index (χ4v) is 2.41. The number of hydrogen-bond donors (Lipinski definition) is 1. The first-order valence-electron chi connectivity index (χ1n) is 6.66. The first-order valence-corrected chi connectivity index (χ1v) is 6.66. The van der Waals surface area contributed by atoms with Gasteiger partial charge in [-0.1, -0.05) is 67.6 Å². The minimum Gasteiger partial charge on any atom is -0.324 e. The predicted molar refractivity (Wildman–Crippen MR) is 77.5 cm³/mol. The van der Waals surface area contributed by atoms with Crippen LogP contribution in [0.25, 0.3) is 0 Å². The Morgan fingerprint density at radius 1 is 0.833 bits per heavy atom. The molecule has 2 N–H and O–H groups in total. The molecule has 0 spiro atoms. The molecule has 2 aromatic carbocycles. The molecule has 2 rings (SSSR count). The summed E-state index contributed by atoms with van der Waals surface area (Å²) in [5, 5.41) is 0. The van der Waals surface area contributed by atoms with Gasteiger partial charge in [0.1, 0.15) is 0 Å². The Labute approximate surface area is 110 Å². The van der Waals surface area contributed by atoms with Gasteiger partial charge < -0.3 is 5.73 Å². The molecule has 0 fully saturated rings. The van der Waals surface area contributed by atoms with Crippen LogP contribution in [-0.4, -0.2) is 0 Å². The van der Waals surface area contributed by atoms with Crippen molar-refractivity contribution in [2.75, 3.05) is 0 Å². The zero-order valence-electron chi connectivity index (χ0n) is 10.9. The number of benzene rings is 2. The summed E-state index contributed by atoms with van der Waals surface area (Å²) >= 11 is 0. The molecule has 1 nitrogen and oxygen atoms in total. The van der Waals surface area contributed by atoms with E-state index in [4.69, 9.17) is 5.73 Å². The van der Waals surface area contributed by atoms with E-state index < -0.39 is 0 Å². The lowest BCUT2D eigenvalue weighted by Gasteiger charge is -2.20. The molecule has 0 bridgehead atoms. The van der Waals surface area contributed by atoms with Gasteiger partial charge in [-0.25, -0.2) is 0 Å². The minimum absolute atomic E-state index is 0.122. The Kier molecular flexibility index (Phi) is 4.54. The molecule has 0 aliphatic carbocycles. The monoisotopic (exact) mass is 239 g/mol. The molecule has 0 aliphatic heterocycles. The van der Waals surface area contributed by atoms with Gasteiger partial charge in [-0.15, -0.1) is 0 Å². The van der Waals surface area contributed by atoms with Gasteiger partial charge in [0, 0.05) is 6.04 Å². The maximum atomic E-state index is 6.31. The molecule has 0 aliphatic rings. The third-order valence-corrected chi connectivity index (χ3v) is 3.53. The third kappa shape index (κ3) is 3.21. The Morgan fingerprint density at radius 3 is 1.83 bits per heavy atom. The van der Waals surface area contributed by atoms with Crippen LogP contribution in [0.1, 0.15) is 42.9 Å². The second-order valence-electron chi connectivity index (χ2n) is 4.77. The summed E-state index contributed by atoms with van der Waals surface area (Å²) in [7, 11) is 0. The van der Waals surface area contributed by atoms with Crippen LogP contribution in [0, 0.1) is 0 Å². The maximum Gasteiger partial charge on any atom is 0.0300 e. The zero-order chi connectivity index (χ0) is 12.8. The molecule has 0 aromatic heterocycles. The summed E-state index contributed by atoms with van der Waals surface area (Å²) < 4.78 is 0. The van der Waals surface area contributed by atoms with Crippen LogP contribution in [-0.2, 0) is 0 Å². The smallest absolute Gasteiger partial charge is 0.0300 e. The lowest BCUT2D eigenvalue weighted by atomic mass is 9.88.